The van der Waals surface area contributed by atoms with Gasteiger partial charge in [0.2, 0.25) is 5.88 Å². The van der Waals surface area contributed by atoms with Crippen molar-refractivity contribution >= 4 is 17.4 Å². The molecule has 4 aromatic rings. The van der Waals surface area contributed by atoms with Gasteiger partial charge in [-0.15, -0.1) is 0 Å². The molecule has 3 aromatic heterocycles. The molecule has 23 heavy (non-hydrogen) atoms. The average Bonchev–Trinajstić information content (AvgIpc) is 3.06. The van der Waals surface area contributed by atoms with Crippen molar-refractivity contribution < 1.29 is 4.74 Å². The number of fused-ring (bicyclic) bond motifs is 1. The summed E-state index contributed by atoms with van der Waals surface area (Å²) < 4.78 is 7.38. The van der Waals surface area contributed by atoms with E-state index in [-0.39, 0.29) is 5.15 Å². The van der Waals surface area contributed by atoms with Crippen LogP contribution in [0.4, 0.5) is 0 Å². The van der Waals surface area contributed by atoms with Gasteiger partial charge in [0, 0.05) is 17.8 Å². The predicted molar refractivity (Wildman–Crippen MR) is 85.5 cm³/mol. The zero-order chi connectivity index (χ0) is 15.6. The van der Waals surface area contributed by atoms with E-state index < -0.39 is 0 Å². The lowest BCUT2D eigenvalue weighted by molar-refractivity contribution is 0.444. The summed E-state index contributed by atoms with van der Waals surface area (Å²) in [6.07, 6.45) is 3.02. The Kier molecular flexibility index (Phi) is 3.36. The van der Waals surface area contributed by atoms with Crippen molar-refractivity contribution in [3.63, 3.8) is 0 Å². The molecule has 0 atom stereocenters. The van der Waals surface area contributed by atoms with Crippen molar-refractivity contribution in [3.8, 4) is 22.9 Å². The first-order valence-corrected chi connectivity index (χ1v) is 7.23. The van der Waals surface area contributed by atoms with Crippen LogP contribution >= 0.6 is 11.6 Å². The largest absolute Gasteiger partial charge is 0.436 e. The van der Waals surface area contributed by atoms with Gasteiger partial charge in [-0.3, -0.25) is 0 Å². The van der Waals surface area contributed by atoms with Crippen LogP contribution in [0.2, 0.25) is 5.15 Å². The van der Waals surface area contributed by atoms with Gasteiger partial charge in [0.15, 0.2) is 10.9 Å². The Morgan fingerprint density at radius 1 is 1.00 bits per heavy atom. The minimum absolute atomic E-state index is 0.277. The second kappa shape index (κ2) is 5.66. The number of rotatable bonds is 3. The Morgan fingerprint density at radius 2 is 1.87 bits per heavy atom. The summed E-state index contributed by atoms with van der Waals surface area (Å²) in [6.45, 7) is 0. The van der Waals surface area contributed by atoms with Crippen molar-refractivity contribution in [2.75, 3.05) is 0 Å². The highest BCUT2D eigenvalue weighted by Gasteiger charge is 2.12. The number of hydrogen-bond acceptors (Lipinski definition) is 5. The maximum atomic E-state index is 6.06. The van der Waals surface area contributed by atoms with E-state index in [2.05, 4.69) is 20.1 Å². The molecule has 0 bridgehead atoms. The second-order valence-electron chi connectivity index (χ2n) is 4.71. The van der Waals surface area contributed by atoms with Crippen molar-refractivity contribution in [3.05, 3.63) is 66.2 Å². The molecule has 0 aliphatic carbocycles. The van der Waals surface area contributed by atoms with Crippen LogP contribution in [-0.4, -0.2) is 24.6 Å². The van der Waals surface area contributed by atoms with Gasteiger partial charge in [-0.05, 0) is 12.1 Å². The highest BCUT2D eigenvalue weighted by atomic mass is 35.5. The van der Waals surface area contributed by atoms with Crippen LogP contribution in [-0.2, 0) is 0 Å². The molecular weight excluding hydrogens is 314 g/mol. The summed E-state index contributed by atoms with van der Waals surface area (Å²) in [6, 6.07) is 15.1. The summed E-state index contributed by atoms with van der Waals surface area (Å²) in [5.74, 6) is 1.35. The molecular formula is C16H10ClN5O. The van der Waals surface area contributed by atoms with Crippen LogP contribution in [0.3, 0.4) is 0 Å². The number of hydrogen-bond donors (Lipinski definition) is 0. The van der Waals surface area contributed by atoms with Gasteiger partial charge >= 0.3 is 0 Å². The van der Waals surface area contributed by atoms with Gasteiger partial charge in [0.1, 0.15) is 6.33 Å². The molecule has 0 unspecified atom stereocenters. The predicted octanol–water partition coefficient (Wildman–Crippen LogP) is 3.63. The number of ether oxygens (including phenoxy) is 1. The lowest BCUT2D eigenvalue weighted by atomic mass is 10.1. The van der Waals surface area contributed by atoms with Gasteiger partial charge in [-0.1, -0.05) is 41.9 Å². The first kappa shape index (κ1) is 13.7. The van der Waals surface area contributed by atoms with E-state index in [1.165, 1.54) is 10.8 Å². The van der Waals surface area contributed by atoms with Gasteiger partial charge in [-0.25, -0.2) is 9.97 Å². The molecule has 3 heterocycles. The quantitative estimate of drug-likeness (QED) is 0.539. The summed E-state index contributed by atoms with van der Waals surface area (Å²) in [4.78, 5) is 12.6. The topological polar surface area (TPSA) is 65.2 Å². The molecule has 0 N–H and O–H groups in total. The van der Waals surface area contributed by atoms with E-state index in [1.54, 1.807) is 24.4 Å². The third-order valence-corrected chi connectivity index (χ3v) is 3.51. The maximum absolute atomic E-state index is 6.06. The molecule has 0 saturated carbocycles. The summed E-state index contributed by atoms with van der Waals surface area (Å²) in [5.41, 5.74) is 1.70. The van der Waals surface area contributed by atoms with Crippen LogP contribution in [0, 0.1) is 0 Å². The van der Waals surface area contributed by atoms with E-state index in [9.17, 15) is 0 Å². The molecule has 6 nitrogen and oxygen atoms in total. The Hall–Kier alpha value is -2.99. The third kappa shape index (κ3) is 2.60. The summed E-state index contributed by atoms with van der Waals surface area (Å²) >= 11 is 6.06. The molecule has 1 aromatic carbocycles. The summed E-state index contributed by atoms with van der Waals surface area (Å²) in [5, 5.41) is 4.41. The number of halogens is 1. The van der Waals surface area contributed by atoms with Crippen LogP contribution in [0.1, 0.15) is 0 Å². The maximum Gasteiger partial charge on any atom is 0.255 e. The smallest absolute Gasteiger partial charge is 0.255 e. The van der Waals surface area contributed by atoms with Crippen LogP contribution in [0.5, 0.6) is 11.6 Å². The minimum Gasteiger partial charge on any atom is -0.436 e. The van der Waals surface area contributed by atoms with E-state index in [1.807, 2.05) is 30.3 Å². The lowest BCUT2D eigenvalue weighted by Gasteiger charge is -2.09. The van der Waals surface area contributed by atoms with Gasteiger partial charge in [0.05, 0.1) is 5.69 Å². The normalized spacial score (nSPS) is 10.8. The van der Waals surface area contributed by atoms with Gasteiger partial charge in [-0.2, -0.15) is 14.6 Å². The van der Waals surface area contributed by atoms with E-state index in [0.717, 1.165) is 11.3 Å². The molecule has 112 valence electrons. The number of benzene rings is 1. The third-order valence-electron chi connectivity index (χ3n) is 3.23. The van der Waals surface area contributed by atoms with Crippen LogP contribution in [0.15, 0.2) is 61.1 Å². The first-order valence-electron chi connectivity index (χ1n) is 6.86. The van der Waals surface area contributed by atoms with Crippen molar-refractivity contribution in [1.82, 2.24) is 24.6 Å². The highest BCUT2D eigenvalue weighted by molar-refractivity contribution is 6.30. The average molecular weight is 324 g/mol. The molecule has 7 heteroatoms. The fraction of sp³-hybridized carbons (Fsp3) is 0. The molecule has 0 aliphatic rings. The second-order valence-corrected chi connectivity index (χ2v) is 5.07. The van der Waals surface area contributed by atoms with Gasteiger partial charge < -0.3 is 4.74 Å². The van der Waals surface area contributed by atoms with Crippen molar-refractivity contribution in [2.45, 2.75) is 0 Å². The monoisotopic (exact) mass is 323 g/mol. The fourth-order valence-electron chi connectivity index (χ4n) is 2.17. The van der Waals surface area contributed by atoms with E-state index >= 15 is 0 Å². The molecule has 4 rings (SSSR count). The number of aromatic nitrogens is 5. The minimum atomic E-state index is 0.277. The number of pyridine rings is 1. The number of nitrogens with zero attached hydrogens (tertiary/aromatic N) is 5. The molecule has 0 aliphatic heterocycles. The molecule has 0 radical (unpaired) electrons. The zero-order valence-electron chi connectivity index (χ0n) is 11.8. The molecule has 0 amide bonds. The highest BCUT2D eigenvalue weighted by Crippen LogP contribution is 2.29. The lowest BCUT2D eigenvalue weighted by Crippen LogP contribution is -2.00. The Balaban J connectivity index is 1.85. The van der Waals surface area contributed by atoms with Crippen molar-refractivity contribution in [2.24, 2.45) is 0 Å². The fourth-order valence-corrected chi connectivity index (χ4v) is 2.33. The SMILES string of the molecule is Clc1ncccc1Oc1cc(-c2ccccc2)nc2ncnn12. The van der Waals surface area contributed by atoms with E-state index in [0.29, 0.717) is 17.4 Å². The van der Waals surface area contributed by atoms with Crippen LogP contribution in [0.25, 0.3) is 17.0 Å². The summed E-state index contributed by atoms with van der Waals surface area (Å²) in [7, 11) is 0. The Morgan fingerprint density at radius 3 is 2.70 bits per heavy atom. The first-order chi connectivity index (χ1) is 11.3. The Labute approximate surface area is 136 Å². The zero-order valence-corrected chi connectivity index (χ0v) is 12.6. The molecule has 0 spiro atoms. The van der Waals surface area contributed by atoms with Gasteiger partial charge in [0.25, 0.3) is 5.78 Å². The Bertz CT molecular complexity index is 971. The van der Waals surface area contributed by atoms with E-state index in [4.69, 9.17) is 16.3 Å². The van der Waals surface area contributed by atoms with Crippen molar-refractivity contribution in [1.29, 1.82) is 0 Å². The molecule has 0 saturated heterocycles. The standard InChI is InChI=1S/C16H10ClN5O/c17-15-13(7-4-8-18-15)23-14-9-12(11-5-2-1-3-6-11)21-16-19-10-20-22(14)16/h1-10H. The molecule has 0 fully saturated rings. The van der Waals surface area contributed by atoms with Crippen LogP contribution < -0.4 is 4.74 Å².